The van der Waals surface area contributed by atoms with E-state index in [1.807, 2.05) is 0 Å². The van der Waals surface area contributed by atoms with Crippen molar-refractivity contribution < 1.29 is 41.3 Å². The molecule has 11 heteroatoms. The number of esters is 1. The summed E-state index contributed by atoms with van der Waals surface area (Å²) in [4.78, 5) is 30.0. The van der Waals surface area contributed by atoms with Crippen molar-refractivity contribution in [3.8, 4) is 5.75 Å². The van der Waals surface area contributed by atoms with E-state index in [1.54, 1.807) is 18.2 Å². The quantitative estimate of drug-likeness (QED) is 0.161. The van der Waals surface area contributed by atoms with E-state index in [0.29, 0.717) is 15.6 Å². The van der Waals surface area contributed by atoms with Crippen LogP contribution in [0.4, 0.5) is 22.0 Å². The lowest BCUT2D eigenvalue weighted by molar-refractivity contribution is 0.0721. The molecule has 0 spiro atoms. The molecule has 2 N–H and O–H groups in total. The van der Waals surface area contributed by atoms with Crippen molar-refractivity contribution in [2.45, 2.75) is 6.16 Å². The summed E-state index contributed by atoms with van der Waals surface area (Å²) >= 11 is 0.875. The molecule has 1 aromatic heterocycles. The summed E-state index contributed by atoms with van der Waals surface area (Å²) in [7, 11) is -2.16. The zero-order valence-corrected chi connectivity index (χ0v) is 14.7. The molecule has 0 saturated carbocycles. The lowest BCUT2D eigenvalue weighted by Gasteiger charge is -2.07. The minimum absolute atomic E-state index is 0.00541. The molecule has 0 aliphatic carbocycles. The largest absolute Gasteiger partial charge is 0.416 e. The fraction of sp³-hybridized carbons (Fsp3) is 0.0625. The summed E-state index contributed by atoms with van der Waals surface area (Å²) in [5, 5.41) is 0.513. The van der Waals surface area contributed by atoms with Gasteiger partial charge in [-0.25, -0.2) is 18.0 Å². The highest BCUT2D eigenvalue weighted by Crippen LogP contribution is 2.34. The van der Waals surface area contributed by atoms with Gasteiger partial charge in [0.05, 0.1) is 0 Å². The van der Waals surface area contributed by atoms with Crippen LogP contribution in [0.25, 0.3) is 10.1 Å². The molecule has 4 nitrogen and oxygen atoms in total. The third-order valence-electron chi connectivity index (χ3n) is 3.47. The Balaban J connectivity index is 1.93. The minimum atomic E-state index is -2.35. The third-order valence-corrected chi connectivity index (χ3v) is 5.21. The van der Waals surface area contributed by atoms with Crippen LogP contribution in [0.5, 0.6) is 5.75 Å². The fourth-order valence-corrected chi connectivity index (χ4v) is 3.72. The molecule has 27 heavy (non-hydrogen) atoms. The van der Waals surface area contributed by atoms with Crippen molar-refractivity contribution in [2.75, 3.05) is 0 Å². The Labute approximate surface area is 153 Å². The zero-order valence-electron chi connectivity index (χ0n) is 13.0. The molecule has 2 aromatic carbocycles. The second-order valence-corrected chi connectivity index (χ2v) is 7.45. The summed E-state index contributed by atoms with van der Waals surface area (Å²) in [5.74, 6) is -14.3. The van der Waals surface area contributed by atoms with E-state index in [0.717, 1.165) is 11.3 Å². The normalized spacial score (nSPS) is 11.4. The van der Waals surface area contributed by atoms with Gasteiger partial charge in [0.25, 0.3) is 0 Å². The van der Waals surface area contributed by atoms with Crippen LogP contribution < -0.4 is 4.74 Å². The van der Waals surface area contributed by atoms with Gasteiger partial charge < -0.3 is 14.5 Å². The van der Waals surface area contributed by atoms with Crippen molar-refractivity contribution in [1.29, 1.82) is 0 Å². The number of hydrogen-bond donors (Lipinski definition) is 2. The number of fused-ring (bicyclic) bond motifs is 1. The van der Waals surface area contributed by atoms with Gasteiger partial charge in [-0.3, -0.25) is 0 Å². The highest BCUT2D eigenvalue weighted by Gasteiger charge is 2.29. The number of rotatable bonds is 4. The smallest absolute Gasteiger partial charge is 0.353 e. The average molecular weight is 422 g/mol. The van der Waals surface area contributed by atoms with Crippen LogP contribution in [0.15, 0.2) is 24.3 Å². The van der Waals surface area contributed by atoms with Gasteiger partial charge in [-0.2, -0.15) is 8.78 Å². The Morgan fingerprint density at radius 1 is 0.963 bits per heavy atom. The molecule has 142 valence electrons. The standard InChI is InChI=1S/C16H8F5O4PS/c17-10-11(18)13(20)15(14(21)12(10)19)25-16(22)9-4-7-3-6(5-26(23)24)1-2-8(7)27-9/h1-4,23-24H,5H2. The lowest BCUT2D eigenvalue weighted by Crippen LogP contribution is -2.12. The topological polar surface area (TPSA) is 66.8 Å². The van der Waals surface area contributed by atoms with E-state index < -0.39 is 49.2 Å². The number of halogens is 5. The molecular weight excluding hydrogens is 414 g/mol. The monoisotopic (exact) mass is 422 g/mol. The summed E-state index contributed by atoms with van der Waals surface area (Å²) < 4.78 is 71.6. The molecule has 3 aromatic rings. The van der Waals surface area contributed by atoms with Gasteiger partial charge in [0.15, 0.2) is 8.38 Å². The summed E-state index contributed by atoms with van der Waals surface area (Å²) in [5.41, 5.74) is 0.580. The maximum Gasteiger partial charge on any atom is 0.353 e. The Morgan fingerprint density at radius 2 is 1.56 bits per heavy atom. The van der Waals surface area contributed by atoms with Crippen molar-refractivity contribution in [2.24, 2.45) is 0 Å². The maximum absolute atomic E-state index is 13.6. The van der Waals surface area contributed by atoms with E-state index in [9.17, 15) is 26.7 Å². The van der Waals surface area contributed by atoms with Crippen LogP contribution >= 0.6 is 19.7 Å². The molecule has 0 radical (unpaired) electrons. The number of carbonyl (C=O) groups excluding carboxylic acids is 1. The third kappa shape index (κ3) is 3.79. The van der Waals surface area contributed by atoms with Crippen molar-refractivity contribution in [1.82, 2.24) is 0 Å². The maximum atomic E-state index is 13.6. The van der Waals surface area contributed by atoms with Gasteiger partial charge in [0.1, 0.15) is 4.88 Å². The highest BCUT2D eigenvalue weighted by atomic mass is 32.1. The molecule has 3 rings (SSSR count). The number of hydrogen-bond acceptors (Lipinski definition) is 5. The van der Waals surface area contributed by atoms with E-state index in [1.165, 1.54) is 6.07 Å². The van der Waals surface area contributed by atoms with E-state index in [-0.39, 0.29) is 11.0 Å². The molecule has 0 amide bonds. The zero-order chi connectivity index (χ0) is 19.9. The molecule has 0 unspecified atom stereocenters. The highest BCUT2D eigenvalue weighted by molar-refractivity contribution is 7.44. The van der Waals surface area contributed by atoms with Gasteiger partial charge in [-0.05, 0) is 29.1 Å². The molecule has 0 bridgehead atoms. The molecule has 1 heterocycles. The molecule has 0 atom stereocenters. The van der Waals surface area contributed by atoms with Crippen molar-refractivity contribution >= 4 is 35.8 Å². The second-order valence-electron chi connectivity index (χ2n) is 5.30. The van der Waals surface area contributed by atoms with E-state index in [4.69, 9.17) is 9.79 Å². The number of ether oxygens (including phenoxy) is 1. The van der Waals surface area contributed by atoms with E-state index >= 15 is 0 Å². The van der Waals surface area contributed by atoms with Gasteiger partial charge in [-0.1, -0.05) is 6.07 Å². The summed E-state index contributed by atoms with van der Waals surface area (Å²) in [6.45, 7) is 0. The van der Waals surface area contributed by atoms with Gasteiger partial charge in [-0.15, -0.1) is 11.3 Å². The molecular formula is C16H8F5O4PS. The predicted octanol–water partition coefficient (Wildman–Crippen LogP) is 4.61. The molecule has 0 aliphatic rings. The predicted molar refractivity (Wildman–Crippen MR) is 88.1 cm³/mol. The van der Waals surface area contributed by atoms with Crippen LogP contribution in [-0.4, -0.2) is 15.8 Å². The Hall–Kier alpha value is -2.13. The van der Waals surface area contributed by atoms with E-state index in [2.05, 4.69) is 4.74 Å². The average Bonchev–Trinajstić information content (AvgIpc) is 3.04. The lowest BCUT2D eigenvalue weighted by atomic mass is 10.2. The molecule has 0 saturated heterocycles. The number of thiophene rings is 1. The minimum Gasteiger partial charge on any atom is -0.416 e. The Morgan fingerprint density at radius 3 is 2.15 bits per heavy atom. The summed E-state index contributed by atoms with van der Waals surface area (Å²) in [6, 6.07) is 6.06. The first kappa shape index (κ1) is 19.6. The number of carbonyl (C=O) groups is 1. The Kier molecular flexibility index (Phi) is 5.43. The van der Waals surface area contributed by atoms with Gasteiger partial charge in [0.2, 0.25) is 34.8 Å². The fourth-order valence-electron chi connectivity index (χ4n) is 2.27. The Bertz CT molecular complexity index is 1020. The molecule has 0 fully saturated rings. The van der Waals surface area contributed by atoms with Crippen LogP contribution in [0, 0.1) is 29.1 Å². The SMILES string of the molecule is O=C(Oc1c(F)c(F)c(F)c(F)c1F)c1cc2cc(CP(O)O)ccc2s1. The van der Waals surface area contributed by atoms with Crippen LogP contribution in [0.3, 0.4) is 0 Å². The van der Waals surface area contributed by atoms with Crippen LogP contribution in [0.2, 0.25) is 0 Å². The van der Waals surface area contributed by atoms with Crippen molar-refractivity contribution in [3.05, 3.63) is 63.8 Å². The first-order chi connectivity index (χ1) is 12.7. The summed E-state index contributed by atoms with van der Waals surface area (Å²) in [6.07, 6.45) is 0.00541. The van der Waals surface area contributed by atoms with Gasteiger partial charge in [0, 0.05) is 10.9 Å². The first-order valence-corrected chi connectivity index (χ1v) is 9.35. The second kappa shape index (κ2) is 7.47. The van der Waals surface area contributed by atoms with Crippen LogP contribution in [-0.2, 0) is 6.16 Å². The van der Waals surface area contributed by atoms with Crippen molar-refractivity contribution in [3.63, 3.8) is 0 Å². The van der Waals surface area contributed by atoms with Crippen LogP contribution in [0.1, 0.15) is 15.2 Å². The molecule has 0 aliphatic heterocycles. The first-order valence-electron chi connectivity index (χ1n) is 7.10. The van der Waals surface area contributed by atoms with Gasteiger partial charge >= 0.3 is 5.97 Å². The number of benzene rings is 2.